The lowest BCUT2D eigenvalue weighted by atomic mass is 9.73. The van der Waals surface area contributed by atoms with E-state index in [1.165, 1.54) is 0 Å². The van der Waals surface area contributed by atoms with Crippen LogP contribution < -0.4 is 4.74 Å². The molecule has 0 radical (unpaired) electrons. The van der Waals surface area contributed by atoms with Crippen molar-refractivity contribution >= 4 is 11.5 Å². The van der Waals surface area contributed by atoms with E-state index in [0.717, 1.165) is 62.2 Å². The van der Waals surface area contributed by atoms with E-state index in [9.17, 15) is 4.79 Å². The third-order valence-corrected chi connectivity index (χ3v) is 5.73. The first kappa shape index (κ1) is 14.8. The lowest BCUT2D eigenvalue weighted by Crippen LogP contribution is -2.50. The van der Waals surface area contributed by atoms with Gasteiger partial charge in [-0.1, -0.05) is 12.1 Å². The van der Waals surface area contributed by atoms with Crippen molar-refractivity contribution in [1.29, 1.82) is 0 Å². The quantitative estimate of drug-likeness (QED) is 0.801. The Balaban J connectivity index is 1.43. The fourth-order valence-corrected chi connectivity index (χ4v) is 4.05. The van der Waals surface area contributed by atoms with Crippen molar-refractivity contribution in [2.45, 2.75) is 25.7 Å². The van der Waals surface area contributed by atoms with Gasteiger partial charge in [-0.25, -0.2) is 4.79 Å². The van der Waals surface area contributed by atoms with Crippen molar-refractivity contribution in [2.75, 3.05) is 33.4 Å². The maximum absolute atomic E-state index is 12.5. The molecule has 4 nitrogen and oxygen atoms in total. The van der Waals surface area contributed by atoms with Crippen molar-refractivity contribution in [1.82, 2.24) is 4.90 Å². The normalized spacial score (nSPS) is 28.2. The van der Waals surface area contributed by atoms with E-state index in [1.807, 2.05) is 24.3 Å². The molecule has 3 heterocycles. The number of esters is 1. The number of benzene rings is 1. The number of hydrogen-bond acceptors (Lipinski definition) is 4. The summed E-state index contributed by atoms with van der Waals surface area (Å²) in [5.41, 5.74) is 3.08. The number of fused-ring (bicyclic) bond motifs is 4. The Labute approximate surface area is 137 Å². The average Bonchev–Trinajstić information content (AvgIpc) is 3.04. The number of ether oxygens (including phenoxy) is 2. The smallest absolute Gasteiger partial charge is 0.338 e. The zero-order valence-electron chi connectivity index (χ0n) is 13.6. The zero-order chi connectivity index (χ0) is 15.9. The van der Waals surface area contributed by atoms with E-state index >= 15 is 0 Å². The lowest BCUT2D eigenvalue weighted by molar-refractivity contribution is -0.143. The number of rotatable bonds is 4. The van der Waals surface area contributed by atoms with Crippen molar-refractivity contribution in [3.63, 3.8) is 0 Å². The van der Waals surface area contributed by atoms with Crippen LogP contribution in [0, 0.1) is 5.41 Å². The second kappa shape index (κ2) is 5.68. The minimum absolute atomic E-state index is 0.170. The number of methoxy groups -OCH3 is 1. The van der Waals surface area contributed by atoms with Crippen LogP contribution in [0.2, 0.25) is 0 Å². The molecule has 3 aliphatic heterocycles. The molecular weight excluding hydrogens is 290 g/mol. The van der Waals surface area contributed by atoms with Gasteiger partial charge in [-0.2, -0.15) is 0 Å². The molecule has 3 saturated heterocycles. The van der Waals surface area contributed by atoms with Gasteiger partial charge in [0.1, 0.15) is 5.75 Å². The van der Waals surface area contributed by atoms with Gasteiger partial charge >= 0.3 is 5.97 Å². The highest BCUT2D eigenvalue weighted by molar-refractivity contribution is 6.18. The van der Waals surface area contributed by atoms with Gasteiger partial charge < -0.3 is 14.4 Å². The molecule has 3 fully saturated rings. The SMILES string of the molecule is COc1ccc2c(c1)CC=C2C(=O)OCC12CCN(CC1)CC2. The highest BCUT2D eigenvalue weighted by atomic mass is 16.5. The van der Waals surface area contributed by atoms with Crippen molar-refractivity contribution in [3.05, 3.63) is 35.4 Å². The Morgan fingerprint density at radius 2 is 1.96 bits per heavy atom. The van der Waals surface area contributed by atoms with E-state index in [4.69, 9.17) is 9.47 Å². The molecule has 4 heteroatoms. The van der Waals surface area contributed by atoms with Gasteiger partial charge in [0.2, 0.25) is 0 Å². The molecule has 1 aromatic carbocycles. The third-order valence-electron chi connectivity index (χ3n) is 5.73. The molecule has 0 spiro atoms. The average molecular weight is 313 g/mol. The largest absolute Gasteiger partial charge is 0.497 e. The molecule has 2 bridgehead atoms. The number of nitrogens with zero attached hydrogens (tertiary/aromatic N) is 1. The van der Waals surface area contributed by atoms with E-state index in [-0.39, 0.29) is 11.4 Å². The van der Waals surface area contributed by atoms with Crippen LogP contribution in [-0.4, -0.2) is 44.2 Å². The molecule has 23 heavy (non-hydrogen) atoms. The van der Waals surface area contributed by atoms with E-state index < -0.39 is 0 Å². The zero-order valence-corrected chi connectivity index (χ0v) is 13.6. The maximum atomic E-state index is 12.5. The summed E-state index contributed by atoms with van der Waals surface area (Å²) in [6.07, 6.45) is 6.23. The van der Waals surface area contributed by atoms with E-state index in [0.29, 0.717) is 12.2 Å². The van der Waals surface area contributed by atoms with Crippen LogP contribution in [0.5, 0.6) is 5.75 Å². The molecule has 5 rings (SSSR count). The van der Waals surface area contributed by atoms with Gasteiger partial charge in [-0.3, -0.25) is 0 Å². The van der Waals surface area contributed by atoms with Gasteiger partial charge in [0.05, 0.1) is 19.3 Å². The lowest BCUT2D eigenvalue weighted by Gasteiger charge is -2.47. The second-order valence-corrected chi connectivity index (χ2v) is 7.01. The summed E-state index contributed by atoms with van der Waals surface area (Å²) < 4.78 is 11.0. The Kier molecular flexibility index (Phi) is 3.64. The van der Waals surface area contributed by atoms with Crippen LogP contribution >= 0.6 is 0 Å². The summed E-state index contributed by atoms with van der Waals surface area (Å²) in [5, 5.41) is 0. The van der Waals surface area contributed by atoms with Crippen LogP contribution in [0.4, 0.5) is 0 Å². The highest BCUT2D eigenvalue weighted by Gasteiger charge is 2.40. The fourth-order valence-electron chi connectivity index (χ4n) is 4.05. The fraction of sp³-hybridized carbons (Fsp3) is 0.526. The first-order valence-electron chi connectivity index (χ1n) is 8.46. The van der Waals surface area contributed by atoms with Crippen molar-refractivity contribution in [2.24, 2.45) is 5.41 Å². The Morgan fingerprint density at radius 1 is 1.22 bits per heavy atom. The monoisotopic (exact) mass is 313 g/mol. The van der Waals surface area contributed by atoms with Crippen LogP contribution in [0.15, 0.2) is 24.3 Å². The maximum Gasteiger partial charge on any atom is 0.338 e. The van der Waals surface area contributed by atoms with Gasteiger partial charge in [0.25, 0.3) is 0 Å². The van der Waals surface area contributed by atoms with Gasteiger partial charge in [-0.15, -0.1) is 0 Å². The van der Waals surface area contributed by atoms with E-state index in [1.54, 1.807) is 7.11 Å². The molecule has 4 aliphatic rings. The van der Waals surface area contributed by atoms with E-state index in [2.05, 4.69) is 4.90 Å². The Morgan fingerprint density at radius 3 is 2.65 bits per heavy atom. The Bertz CT molecular complexity index is 643. The molecular formula is C19H23NO3. The standard InChI is InChI=1S/C19H23NO3/c1-22-15-3-5-16-14(12-15)2-4-17(16)18(21)23-13-19-6-9-20(10-7-19)11-8-19/h3-5,12H,2,6-11,13H2,1H3. The molecule has 1 aromatic rings. The molecule has 122 valence electrons. The highest BCUT2D eigenvalue weighted by Crippen LogP contribution is 2.40. The first-order chi connectivity index (χ1) is 11.2. The molecule has 0 aromatic heterocycles. The van der Waals surface area contributed by atoms with Gasteiger partial charge in [0.15, 0.2) is 0 Å². The predicted molar refractivity (Wildman–Crippen MR) is 88.4 cm³/mol. The summed E-state index contributed by atoms with van der Waals surface area (Å²) in [6, 6.07) is 5.87. The molecule has 1 aliphatic carbocycles. The third kappa shape index (κ3) is 2.65. The number of allylic oxidation sites excluding steroid dienone is 1. The molecule has 0 amide bonds. The first-order valence-corrected chi connectivity index (χ1v) is 8.46. The van der Waals surface area contributed by atoms with Crippen LogP contribution in [0.1, 0.15) is 30.4 Å². The molecule has 0 saturated carbocycles. The molecule has 0 atom stereocenters. The number of carbonyl (C=O) groups is 1. The summed E-state index contributed by atoms with van der Waals surface area (Å²) in [6.45, 7) is 4.04. The summed E-state index contributed by atoms with van der Waals surface area (Å²) in [5.74, 6) is 0.663. The minimum atomic E-state index is -0.170. The van der Waals surface area contributed by atoms with Crippen LogP contribution in [0.3, 0.4) is 0 Å². The number of hydrogen-bond donors (Lipinski definition) is 0. The number of carbonyl (C=O) groups excluding carboxylic acids is 1. The summed E-state index contributed by atoms with van der Waals surface area (Å²) in [4.78, 5) is 15.1. The van der Waals surface area contributed by atoms with Crippen molar-refractivity contribution in [3.8, 4) is 5.75 Å². The predicted octanol–water partition coefficient (Wildman–Crippen LogP) is 2.66. The topological polar surface area (TPSA) is 38.8 Å². The van der Waals surface area contributed by atoms with Gasteiger partial charge in [0, 0.05) is 5.41 Å². The minimum Gasteiger partial charge on any atom is -0.497 e. The second-order valence-electron chi connectivity index (χ2n) is 7.01. The number of piperidine rings is 3. The summed E-state index contributed by atoms with van der Waals surface area (Å²) in [7, 11) is 1.66. The van der Waals surface area contributed by atoms with Crippen LogP contribution in [0.25, 0.3) is 5.57 Å². The molecule has 0 N–H and O–H groups in total. The summed E-state index contributed by atoms with van der Waals surface area (Å²) >= 11 is 0. The molecule has 0 unspecified atom stereocenters. The Hall–Kier alpha value is -1.81. The van der Waals surface area contributed by atoms with Crippen LogP contribution in [-0.2, 0) is 16.0 Å². The van der Waals surface area contributed by atoms with Crippen molar-refractivity contribution < 1.29 is 14.3 Å². The van der Waals surface area contributed by atoms with Gasteiger partial charge in [-0.05, 0) is 68.6 Å².